The number of hydrogen-bond donors (Lipinski definition) is 1. The monoisotopic (exact) mass is 319 g/mol. The van der Waals surface area contributed by atoms with Crippen molar-refractivity contribution in [1.82, 2.24) is 5.32 Å². The molecule has 1 unspecified atom stereocenters. The summed E-state index contributed by atoms with van der Waals surface area (Å²) < 4.78 is 10.6. The fourth-order valence-electron chi connectivity index (χ4n) is 2.66. The molecule has 1 aromatic carbocycles. The van der Waals surface area contributed by atoms with Crippen LogP contribution in [-0.2, 0) is 9.53 Å². The largest absolute Gasteiger partial charge is 0.497 e. The first-order chi connectivity index (χ1) is 11.2. The van der Waals surface area contributed by atoms with E-state index in [1.165, 1.54) is 0 Å². The maximum absolute atomic E-state index is 12.0. The zero-order valence-electron chi connectivity index (χ0n) is 13.7. The van der Waals surface area contributed by atoms with E-state index in [2.05, 4.69) is 5.32 Å². The van der Waals surface area contributed by atoms with Crippen LogP contribution in [0.5, 0.6) is 5.75 Å². The van der Waals surface area contributed by atoms with E-state index in [0.29, 0.717) is 37.5 Å². The summed E-state index contributed by atoms with van der Waals surface area (Å²) in [5.41, 5.74) is 0.657. The number of carbonyl (C=O) groups excluding carboxylic acids is 2. The molecule has 0 spiro atoms. The first kappa shape index (κ1) is 17.5. The van der Waals surface area contributed by atoms with Crippen molar-refractivity contribution in [1.29, 1.82) is 0 Å². The standard InChI is InChI=1S/C18H25NO4/c1-22-15-9-7-14(8-10-15)17(20)5-2-6-18(21)19-12-11-16-4-3-13-23-16/h7-10,16H,2-6,11-13H2,1H3,(H,19,21). The highest BCUT2D eigenvalue weighted by Gasteiger charge is 2.15. The average molecular weight is 319 g/mol. The topological polar surface area (TPSA) is 64.6 Å². The van der Waals surface area contributed by atoms with Crippen LogP contribution in [0.4, 0.5) is 0 Å². The van der Waals surface area contributed by atoms with Crippen LogP contribution in [-0.4, -0.2) is 38.1 Å². The van der Waals surface area contributed by atoms with E-state index in [4.69, 9.17) is 9.47 Å². The molecule has 1 saturated heterocycles. The molecule has 1 atom stereocenters. The molecule has 0 bridgehead atoms. The molecule has 1 aliphatic heterocycles. The molecule has 126 valence electrons. The smallest absolute Gasteiger partial charge is 0.220 e. The summed E-state index contributed by atoms with van der Waals surface area (Å²) in [5, 5.41) is 2.89. The number of methoxy groups -OCH3 is 1. The first-order valence-electron chi connectivity index (χ1n) is 8.24. The Labute approximate surface area is 137 Å². The lowest BCUT2D eigenvalue weighted by Gasteiger charge is -2.10. The third-order valence-corrected chi connectivity index (χ3v) is 4.03. The molecule has 1 aromatic rings. The van der Waals surface area contributed by atoms with Gasteiger partial charge >= 0.3 is 0 Å². The van der Waals surface area contributed by atoms with E-state index in [-0.39, 0.29) is 11.7 Å². The Hall–Kier alpha value is -1.88. The maximum Gasteiger partial charge on any atom is 0.220 e. The van der Waals surface area contributed by atoms with Crippen molar-refractivity contribution < 1.29 is 19.1 Å². The Kier molecular flexibility index (Phi) is 7.07. The summed E-state index contributed by atoms with van der Waals surface area (Å²) in [6, 6.07) is 7.04. The molecule has 0 aliphatic carbocycles. The van der Waals surface area contributed by atoms with Gasteiger partial charge in [0, 0.05) is 31.6 Å². The van der Waals surface area contributed by atoms with Gasteiger partial charge in [-0.3, -0.25) is 9.59 Å². The fraction of sp³-hybridized carbons (Fsp3) is 0.556. The second-order valence-electron chi connectivity index (χ2n) is 5.78. The van der Waals surface area contributed by atoms with E-state index in [1.54, 1.807) is 31.4 Å². The predicted octanol–water partition coefficient (Wildman–Crippen LogP) is 2.73. The molecule has 0 radical (unpaired) electrons. The molecule has 2 rings (SSSR count). The van der Waals surface area contributed by atoms with Crippen molar-refractivity contribution in [2.24, 2.45) is 0 Å². The number of ether oxygens (including phenoxy) is 2. The number of amides is 1. The zero-order chi connectivity index (χ0) is 16.5. The van der Waals surface area contributed by atoms with Crippen molar-refractivity contribution in [3.8, 4) is 5.75 Å². The van der Waals surface area contributed by atoms with Crippen molar-refractivity contribution in [3.05, 3.63) is 29.8 Å². The van der Waals surface area contributed by atoms with Gasteiger partial charge in [-0.15, -0.1) is 0 Å². The molecule has 1 N–H and O–H groups in total. The highest BCUT2D eigenvalue weighted by Crippen LogP contribution is 2.15. The van der Waals surface area contributed by atoms with E-state index < -0.39 is 0 Å². The van der Waals surface area contributed by atoms with Crippen molar-refractivity contribution in [2.45, 2.75) is 44.6 Å². The van der Waals surface area contributed by atoms with Crippen LogP contribution >= 0.6 is 0 Å². The highest BCUT2D eigenvalue weighted by atomic mass is 16.5. The van der Waals surface area contributed by atoms with Crippen molar-refractivity contribution in [3.63, 3.8) is 0 Å². The summed E-state index contributed by atoms with van der Waals surface area (Å²) in [6.07, 6.45) is 4.71. The summed E-state index contributed by atoms with van der Waals surface area (Å²) in [4.78, 5) is 23.8. The SMILES string of the molecule is COc1ccc(C(=O)CCCC(=O)NCCC2CCCO2)cc1. The number of carbonyl (C=O) groups is 2. The number of hydrogen-bond acceptors (Lipinski definition) is 4. The van der Waals surface area contributed by atoms with E-state index >= 15 is 0 Å². The van der Waals surface area contributed by atoms with Gasteiger partial charge < -0.3 is 14.8 Å². The van der Waals surface area contributed by atoms with Gasteiger partial charge in [0.25, 0.3) is 0 Å². The molecule has 0 aromatic heterocycles. The molecule has 0 saturated carbocycles. The summed E-state index contributed by atoms with van der Waals surface area (Å²) in [5.74, 6) is 0.789. The van der Waals surface area contributed by atoms with E-state index in [0.717, 1.165) is 31.6 Å². The summed E-state index contributed by atoms with van der Waals surface area (Å²) >= 11 is 0. The third kappa shape index (κ3) is 6.02. The van der Waals surface area contributed by atoms with E-state index in [9.17, 15) is 9.59 Å². The normalized spacial score (nSPS) is 17.0. The number of rotatable bonds is 9. The lowest BCUT2D eigenvalue weighted by molar-refractivity contribution is -0.121. The molecule has 1 aliphatic rings. The van der Waals surface area contributed by atoms with Gasteiger partial charge in [-0.05, 0) is 49.9 Å². The van der Waals surface area contributed by atoms with Crippen LogP contribution in [0.25, 0.3) is 0 Å². The Morgan fingerprint density at radius 1 is 1.26 bits per heavy atom. The van der Waals surface area contributed by atoms with Gasteiger partial charge in [0.05, 0.1) is 13.2 Å². The van der Waals surface area contributed by atoms with Crippen molar-refractivity contribution >= 4 is 11.7 Å². The third-order valence-electron chi connectivity index (χ3n) is 4.03. The molecule has 5 heteroatoms. The first-order valence-corrected chi connectivity index (χ1v) is 8.24. The Balaban J connectivity index is 1.59. The van der Waals surface area contributed by atoms with Crippen LogP contribution in [0.1, 0.15) is 48.9 Å². The Morgan fingerprint density at radius 3 is 2.70 bits per heavy atom. The second-order valence-corrected chi connectivity index (χ2v) is 5.78. The molecule has 1 amide bonds. The fourth-order valence-corrected chi connectivity index (χ4v) is 2.66. The Morgan fingerprint density at radius 2 is 2.04 bits per heavy atom. The summed E-state index contributed by atoms with van der Waals surface area (Å²) in [7, 11) is 1.59. The minimum absolute atomic E-state index is 0.00512. The quantitative estimate of drug-likeness (QED) is 0.711. The number of ketones is 1. The number of benzene rings is 1. The molecule has 1 heterocycles. The van der Waals surface area contributed by atoms with Crippen LogP contribution in [0, 0.1) is 0 Å². The lowest BCUT2D eigenvalue weighted by Crippen LogP contribution is -2.26. The zero-order valence-corrected chi connectivity index (χ0v) is 13.7. The molecule has 23 heavy (non-hydrogen) atoms. The molecule has 5 nitrogen and oxygen atoms in total. The van der Waals surface area contributed by atoms with Gasteiger partial charge in [-0.25, -0.2) is 0 Å². The minimum atomic E-state index is 0.00512. The molecular weight excluding hydrogens is 294 g/mol. The van der Waals surface area contributed by atoms with Crippen LogP contribution in [0.3, 0.4) is 0 Å². The predicted molar refractivity (Wildman–Crippen MR) is 87.8 cm³/mol. The lowest BCUT2D eigenvalue weighted by atomic mass is 10.1. The molecular formula is C18H25NO4. The van der Waals surface area contributed by atoms with Gasteiger partial charge in [0.1, 0.15) is 5.75 Å². The Bertz CT molecular complexity index is 506. The van der Waals surface area contributed by atoms with E-state index in [1.807, 2.05) is 0 Å². The van der Waals surface area contributed by atoms with Gasteiger partial charge in [-0.2, -0.15) is 0 Å². The van der Waals surface area contributed by atoms with Crippen LogP contribution < -0.4 is 10.1 Å². The number of nitrogens with one attached hydrogen (secondary N) is 1. The van der Waals surface area contributed by atoms with Gasteiger partial charge in [0.15, 0.2) is 5.78 Å². The minimum Gasteiger partial charge on any atom is -0.497 e. The van der Waals surface area contributed by atoms with Crippen LogP contribution in [0.15, 0.2) is 24.3 Å². The number of Topliss-reactive ketones (excluding diaryl/α,β-unsaturated/α-hetero) is 1. The van der Waals surface area contributed by atoms with Gasteiger partial charge in [-0.1, -0.05) is 0 Å². The molecule has 1 fully saturated rings. The van der Waals surface area contributed by atoms with Crippen molar-refractivity contribution in [2.75, 3.05) is 20.3 Å². The second kappa shape index (κ2) is 9.30. The average Bonchev–Trinajstić information content (AvgIpc) is 3.08. The van der Waals surface area contributed by atoms with Gasteiger partial charge in [0.2, 0.25) is 5.91 Å². The highest BCUT2D eigenvalue weighted by molar-refractivity contribution is 5.96. The van der Waals surface area contributed by atoms with Crippen LogP contribution in [0.2, 0.25) is 0 Å². The summed E-state index contributed by atoms with van der Waals surface area (Å²) in [6.45, 7) is 1.49. The maximum atomic E-state index is 12.0.